The largest absolute Gasteiger partial charge is 0.355 e. The van der Waals surface area contributed by atoms with Crippen LogP contribution in [0.2, 0.25) is 0 Å². The number of carbonyl (C=O) groups excluding carboxylic acids is 1. The SMILES string of the molecule is CN=C(NCc1ccnc2ccccc12)NCC1(C(=O)N(C)C)CCCC1. The third kappa shape index (κ3) is 4.21. The summed E-state index contributed by atoms with van der Waals surface area (Å²) in [5.41, 5.74) is 1.84. The second-order valence-corrected chi connectivity index (χ2v) is 7.45. The molecular formula is C21H29N5O. The minimum Gasteiger partial charge on any atom is -0.355 e. The Balaban J connectivity index is 1.65. The van der Waals surface area contributed by atoms with Crippen molar-refractivity contribution in [3.63, 3.8) is 0 Å². The number of para-hydroxylation sites is 1. The topological polar surface area (TPSA) is 69.6 Å². The predicted molar refractivity (Wildman–Crippen MR) is 110 cm³/mol. The van der Waals surface area contributed by atoms with E-state index in [9.17, 15) is 4.79 Å². The number of benzene rings is 1. The van der Waals surface area contributed by atoms with E-state index in [0.717, 1.165) is 36.6 Å². The van der Waals surface area contributed by atoms with Gasteiger partial charge in [-0.25, -0.2) is 0 Å². The molecule has 2 N–H and O–H groups in total. The number of fused-ring (bicyclic) bond motifs is 1. The van der Waals surface area contributed by atoms with Gasteiger partial charge in [0.25, 0.3) is 0 Å². The van der Waals surface area contributed by atoms with Crippen LogP contribution in [0.25, 0.3) is 10.9 Å². The van der Waals surface area contributed by atoms with E-state index in [1.807, 2.05) is 44.6 Å². The van der Waals surface area contributed by atoms with Crippen LogP contribution in [-0.4, -0.2) is 49.4 Å². The number of rotatable bonds is 5. The van der Waals surface area contributed by atoms with Crippen molar-refractivity contribution in [2.75, 3.05) is 27.7 Å². The minimum atomic E-state index is -0.315. The van der Waals surface area contributed by atoms with E-state index in [2.05, 4.69) is 26.7 Å². The van der Waals surface area contributed by atoms with Gasteiger partial charge in [-0.05, 0) is 30.5 Å². The minimum absolute atomic E-state index is 0.211. The van der Waals surface area contributed by atoms with E-state index in [4.69, 9.17) is 0 Å². The first kappa shape index (κ1) is 19.1. The Labute approximate surface area is 161 Å². The molecule has 1 saturated carbocycles. The van der Waals surface area contributed by atoms with Crippen molar-refractivity contribution in [3.05, 3.63) is 42.1 Å². The van der Waals surface area contributed by atoms with Gasteiger partial charge in [-0.15, -0.1) is 0 Å². The Kier molecular flexibility index (Phi) is 5.94. The van der Waals surface area contributed by atoms with Crippen molar-refractivity contribution in [1.82, 2.24) is 20.5 Å². The Bertz CT molecular complexity index is 819. The maximum Gasteiger partial charge on any atom is 0.230 e. The van der Waals surface area contributed by atoms with Crippen molar-refractivity contribution >= 4 is 22.8 Å². The molecule has 1 aliphatic rings. The molecule has 0 radical (unpaired) electrons. The molecule has 2 aromatic rings. The molecule has 0 bridgehead atoms. The highest BCUT2D eigenvalue weighted by molar-refractivity contribution is 5.86. The number of hydrogen-bond acceptors (Lipinski definition) is 3. The first-order valence-corrected chi connectivity index (χ1v) is 9.55. The third-order valence-corrected chi connectivity index (χ3v) is 5.42. The average Bonchev–Trinajstić information content (AvgIpc) is 3.17. The molecule has 1 aromatic carbocycles. The molecule has 1 fully saturated rings. The van der Waals surface area contributed by atoms with Crippen LogP contribution in [0.4, 0.5) is 0 Å². The van der Waals surface area contributed by atoms with E-state index >= 15 is 0 Å². The van der Waals surface area contributed by atoms with Crippen molar-refractivity contribution in [2.24, 2.45) is 10.4 Å². The van der Waals surface area contributed by atoms with Crippen molar-refractivity contribution in [3.8, 4) is 0 Å². The molecule has 6 nitrogen and oxygen atoms in total. The van der Waals surface area contributed by atoms with Gasteiger partial charge in [0, 0.05) is 45.8 Å². The van der Waals surface area contributed by atoms with Gasteiger partial charge in [0.05, 0.1) is 10.9 Å². The Morgan fingerprint density at radius 1 is 1.19 bits per heavy atom. The molecule has 1 aliphatic carbocycles. The van der Waals surface area contributed by atoms with Crippen LogP contribution in [0.15, 0.2) is 41.5 Å². The lowest BCUT2D eigenvalue weighted by Crippen LogP contribution is -2.49. The highest BCUT2D eigenvalue weighted by Crippen LogP contribution is 2.38. The summed E-state index contributed by atoms with van der Waals surface area (Å²) < 4.78 is 0. The molecule has 27 heavy (non-hydrogen) atoms. The third-order valence-electron chi connectivity index (χ3n) is 5.42. The van der Waals surface area contributed by atoms with Crippen molar-refractivity contribution < 1.29 is 4.79 Å². The van der Waals surface area contributed by atoms with E-state index in [0.29, 0.717) is 19.0 Å². The summed E-state index contributed by atoms with van der Waals surface area (Å²) in [5.74, 6) is 0.928. The molecule has 0 atom stereocenters. The Morgan fingerprint density at radius 2 is 1.93 bits per heavy atom. The maximum absolute atomic E-state index is 12.7. The molecule has 144 valence electrons. The van der Waals surface area contributed by atoms with E-state index < -0.39 is 0 Å². The lowest BCUT2D eigenvalue weighted by Gasteiger charge is -2.31. The van der Waals surface area contributed by atoms with E-state index in [-0.39, 0.29) is 11.3 Å². The zero-order valence-electron chi connectivity index (χ0n) is 16.5. The summed E-state index contributed by atoms with van der Waals surface area (Å²) in [4.78, 5) is 23.2. The highest BCUT2D eigenvalue weighted by atomic mass is 16.2. The molecular weight excluding hydrogens is 338 g/mol. The van der Waals surface area contributed by atoms with Crippen molar-refractivity contribution in [2.45, 2.75) is 32.2 Å². The summed E-state index contributed by atoms with van der Waals surface area (Å²) in [6.07, 6.45) is 5.91. The zero-order valence-corrected chi connectivity index (χ0v) is 16.5. The number of carbonyl (C=O) groups is 1. The van der Waals surface area contributed by atoms with Crippen LogP contribution in [0.3, 0.4) is 0 Å². The first-order chi connectivity index (χ1) is 13.1. The number of guanidine groups is 1. The van der Waals surface area contributed by atoms with Crippen LogP contribution < -0.4 is 10.6 Å². The summed E-state index contributed by atoms with van der Waals surface area (Å²) in [6.45, 7) is 1.26. The predicted octanol–water partition coefficient (Wildman–Crippen LogP) is 2.55. The van der Waals surface area contributed by atoms with Gasteiger partial charge < -0.3 is 15.5 Å². The fourth-order valence-corrected chi connectivity index (χ4v) is 3.95. The molecule has 0 spiro atoms. The molecule has 1 heterocycles. The second kappa shape index (κ2) is 8.37. The second-order valence-electron chi connectivity index (χ2n) is 7.45. The Hall–Kier alpha value is -2.63. The van der Waals surface area contributed by atoms with Gasteiger partial charge in [-0.3, -0.25) is 14.8 Å². The number of aliphatic imine (C=N–C) groups is 1. The number of pyridine rings is 1. The summed E-state index contributed by atoms with van der Waals surface area (Å²) >= 11 is 0. The number of aromatic nitrogens is 1. The summed E-state index contributed by atoms with van der Waals surface area (Å²) in [7, 11) is 5.43. The number of nitrogens with one attached hydrogen (secondary N) is 2. The zero-order chi connectivity index (χ0) is 19.3. The van der Waals surface area contributed by atoms with Crippen LogP contribution >= 0.6 is 0 Å². The quantitative estimate of drug-likeness (QED) is 0.629. The maximum atomic E-state index is 12.7. The smallest absolute Gasteiger partial charge is 0.230 e. The molecule has 1 amide bonds. The normalized spacial score (nSPS) is 16.3. The molecule has 6 heteroatoms. The lowest BCUT2D eigenvalue weighted by molar-refractivity contribution is -0.138. The summed E-state index contributed by atoms with van der Waals surface area (Å²) in [6, 6.07) is 10.1. The number of nitrogens with zero attached hydrogens (tertiary/aromatic N) is 3. The molecule has 0 aliphatic heterocycles. The lowest BCUT2D eigenvalue weighted by atomic mass is 9.84. The number of hydrogen-bond donors (Lipinski definition) is 2. The van der Waals surface area contributed by atoms with Gasteiger partial charge in [-0.1, -0.05) is 31.0 Å². The van der Waals surface area contributed by atoms with Crippen LogP contribution in [0, 0.1) is 5.41 Å². The highest BCUT2D eigenvalue weighted by Gasteiger charge is 2.42. The van der Waals surface area contributed by atoms with Crippen LogP contribution in [0.5, 0.6) is 0 Å². The van der Waals surface area contributed by atoms with Gasteiger partial charge >= 0.3 is 0 Å². The van der Waals surface area contributed by atoms with Gasteiger partial charge in [0.1, 0.15) is 0 Å². The fraction of sp³-hybridized carbons (Fsp3) is 0.476. The van der Waals surface area contributed by atoms with Crippen LogP contribution in [0.1, 0.15) is 31.2 Å². The monoisotopic (exact) mass is 367 g/mol. The fourth-order valence-electron chi connectivity index (χ4n) is 3.95. The summed E-state index contributed by atoms with van der Waals surface area (Å²) in [5, 5.41) is 7.89. The first-order valence-electron chi connectivity index (χ1n) is 9.55. The Morgan fingerprint density at radius 3 is 2.63 bits per heavy atom. The number of amides is 1. The van der Waals surface area contributed by atoms with Gasteiger partial charge in [0.2, 0.25) is 5.91 Å². The average molecular weight is 367 g/mol. The molecule has 1 aromatic heterocycles. The van der Waals surface area contributed by atoms with Gasteiger partial charge in [0.15, 0.2) is 5.96 Å². The van der Waals surface area contributed by atoms with E-state index in [1.54, 1.807) is 11.9 Å². The molecule has 3 rings (SSSR count). The molecule has 0 unspecified atom stereocenters. The van der Waals surface area contributed by atoms with Gasteiger partial charge in [-0.2, -0.15) is 0 Å². The van der Waals surface area contributed by atoms with Crippen molar-refractivity contribution in [1.29, 1.82) is 0 Å². The van der Waals surface area contributed by atoms with E-state index in [1.165, 1.54) is 5.56 Å². The van der Waals surface area contributed by atoms with Crippen LogP contribution in [-0.2, 0) is 11.3 Å². The molecule has 0 saturated heterocycles. The standard InChI is InChI=1S/C21H29N5O/c1-22-20(25-15-21(11-6-7-12-21)19(27)26(2)3)24-14-16-10-13-23-18-9-5-4-8-17(16)18/h4-5,8-10,13H,6-7,11-12,14-15H2,1-3H3,(H2,22,24,25).